The van der Waals surface area contributed by atoms with Crippen LogP contribution in [0.4, 0.5) is 4.39 Å². The average molecular weight is 317 g/mol. The van der Waals surface area contributed by atoms with Crippen molar-refractivity contribution in [3.63, 3.8) is 0 Å². The average Bonchev–Trinajstić information content (AvgIpc) is 2.39. The Balaban J connectivity index is 2.56. The van der Waals surface area contributed by atoms with Gasteiger partial charge in [0.25, 0.3) is 0 Å². The number of hydrogen-bond acceptors (Lipinski definition) is 4. The van der Waals surface area contributed by atoms with Gasteiger partial charge in [0.15, 0.2) is 0 Å². The molecule has 0 fully saturated rings. The molecule has 21 heavy (non-hydrogen) atoms. The third-order valence-corrected chi connectivity index (χ3v) is 4.14. The van der Waals surface area contributed by atoms with Crippen molar-refractivity contribution in [2.75, 3.05) is 33.7 Å². The normalized spacial score (nSPS) is 11.7. The zero-order valence-electron chi connectivity index (χ0n) is 12.3. The van der Waals surface area contributed by atoms with Crippen LogP contribution >= 0.6 is 0 Å². The minimum Gasteiger partial charge on any atom is -0.354 e. The number of rotatable bonds is 7. The first-order valence-electron chi connectivity index (χ1n) is 6.39. The van der Waals surface area contributed by atoms with Gasteiger partial charge in [0, 0.05) is 13.1 Å². The molecule has 0 saturated heterocycles. The molecule has 1 aromatic rings. The lowest BCUT2D eigenvalue weighted by molar-refractivity contribution is -0.119. The molecule has 1 rings (SSSR count). The zero-order chi connectivity index (χ0) is 16.0. The summed E-state index contributed by atoms with van der Waals surface area (Å²) in [4.78, 5) is 13.3. The SMILES string of the molecule is Cc1cc(S(=O)(=O)NCC(=O)NCCN(C)C)ccc1F. The molecule has 6 nitrogen and oxygen atoms in total. The Bertz CT molecular complexity index is 603. The van der Waals surface area contributed by atoms with Gasteiger partial charge in [-0.1, -0.05) is 0 Å². The Hall–Kier alpha value is -1.51. The molecular weight excluding hydrogens is 297 g/mol. The molecule has 0 radical (unpaired) electrons. The first kappa shape index (κ1) is 17.5. The lowest BCUT2D eigenvalue weighted by Gasteiger charge is -2.11. The lowest BCUT2D eigenvalue weighted by atomic mass is 10.2. The minimum atomic E-state index is -3.82. The quantitative estimate of drug-likeness (QED) is 0.747. The van der Waals surface area contributed by atoms with Crippen LogP contribution in [0.1, 0.15) is 5.56 Å². The summed E-state index contributed by atoms with van der Waals surface area (Å²) in [5, 5.41) is 2.59. The maximum absolute atomic E-state index is 13.1. The van der Waals surface area contributed by atoms with Crippen molar-refractivity contribution in [3.8, 4) is 0 Å². The summed E-state index contributed by atoms with van der Waals surface area (Å²) in [6, 6.07) is 3.47. The summed E-state index contributed by atoms with van der Waals surface area (Å²) in [6.45, 7) is 2.22. The number of likely N-dealkylation sites (N-methyl/N-ethyl adjacent to an activating group) is 1. The fraction of sp³-hybridized carbons (Fsp3) is 0.462. The van der Waals surface area contributed by atoms with Crippen LogP contribution in [-0.4, -0.2) is 53.0 Å². The number of sulfonamides is 1. The van der Waals surface area contributed by atoms with Gasteiger partial charge < -0.3 is 10.2 Å². The Labute approximate surface area is 124 Å². The van der Waals surface area contributed by atoms with Gasteiger partial charge in [-0.3, -0.25) is 4.79 Å². The van der Waals surface area contributed by atoms with Crippen molar-refractivity contribution in [3.05, 3.63) is 29.6 Å². The van der Waals surface area contributed by atoms with E-state index in [0.29, 0.717) is 13.1 Å². The van der Waals surface area contributed by atoms with Crippen molar-refractivity contribution in [1.29, 1.82) is 0 Å². The highest BCUT2D eigenvalue weighted by molar-refractivity contribution is 7.89. The predicted molar refractivity (Wildman–Crippen MR) is 77.9 cm³/mol. The van der Waals surface area contributed by atoms with Crippen LogP contribution in [0, 0.1) is 12.7 Å². The third kappa shape index (κ3) is 5.78. The zero-order valence-corrected chi connectivity index (χ0v) is 13.1. The van der Waals surface area contributed by atoms with E-state index in [9.17, 15) is 17.6 Å². The van der Waals surface area contributed by atoms with Crippen molar-refractivity contribution >= 4 is 15.9 Å². The topological polar surface area (TPSA) is 78.5 Å². The summed E-state index contributed by atoms with van der Waals surface area (Å²) >= 11 is 0. The van der Waals surface area contributed by atoms with Gasteiger partial charge in [-0.05, 0) is 44.8 Å². The molecule has 0 atom stereocenters. The van der Waals surface area contributed by atoms with E-state index in [4.69, 9.17) is 0 Å². The van der Waals surface area contributed by atoms with Gasteiger partial charge in [-0.25, -0.2) is 17.5 Å². The van der Waals surface area contributed by atoms with E-state index in [1.54, 1.807) is 0 Å². The van der Waals surface area contributed by atoms with E-state index in [1.165, 1.54) is 13.0 Å². The van der Waals surface area contributed by atoms with Crippen LogP contribution in [0.15, 0.2) is 23.1 Å². The first-order valence-corrected chi connectivity index (χ1v) is 7.88. The monoisotopic (exact) mass is 317 g/mol. The molecule has 0 unspecified atom stereocenters. The van der Waals surface area contributed by atoms with E-state index < -0.39 is 21.7 Å². The number of carbonyl (C=O) groups is 1. The van der Waals surface area contributed by atoms with Gasteiger partial charge in [-0.15, -0.1) is 0 Å². The smallest absolute Gasteiger partial charge is 0.241 e. The fourth-order valence-electron chi connectivity index (χ4n) is 1.51. The minimum absolute atomic E-state index is 0.0671. The lowest BCUT2D eigenvalue weighted by Crippen LogP contribution is -2.39. The number of nitrogens with one attached hydrogen (secondary N) is 2. The van der Waals surface area contributed by atoms with E-state index in [1.807, 2.05) is 19.0 Å². The second-order valence-corrected chi connectivity index (χ2v) is 6.66. The molecule has 2 N–H and O–H groups in total. The van der Waals surface area contributed by atoms with Crippen LogP contribution < -0.4 is 10.0 Å². The van der Waals surface area contributed by atoms with Crippen LogP contribution in [-0.2, 0) is 14.8 Å². The summed E-state index contributed by atoms with van der Waals surface area (Å²) in [7, 11) is -0.0903. The van der Waals surface area contributed by atoms with Gasteiger partial charge in [0.1, 0.15) is 5.82 Å². The third-order valence-electron chi connectivity index (χ3n) is 2.74. The first-order chi connectivity index (χ1) is 9.72. The number of nitrogens with zero attached hydrogens (tertiary/aromatic N) is 1. The van der Waals surface area contributed by atoms with E-state index in [-0.39, 0.29) is 17.0 Å². The number of amides is 1. The van der Waals surface area contributed by atoms with Crippen molar-refractivity contribution < 1.29 is 17.6 Å². The summed E-state index contributed by atoms with van der Waals surface area (Å²) in [5.74, 6) is -0.894. The number of benzene rings is 1. The molecule has 0 spiro atoms. The number of carbonyl (C=O) groups excluding carboxylic acids is 1. The summed E-state index contributed by atoms with van der Waals surface area (Å²) < 4.78 is 39.2. The van der Waals surface area contributed by atoms with Crippen LogP contribution in [0.2, 0.25) is 0 Å². The fourth-order valence-corrected chi connectivity index (χ4v) is 2.58. The van der Waals surface area contributed by atoms with E-state index in [2.05, 4.69) is 10.0 Å². The highest BCUT2D eigenvalue weighted by Gasteiger charge is 2.16. The maximum atomic E-state index is 13.1. The molecule has 0 aliphatic carbocycles. The van der Waals surface area contributed by atoms with Gasteiger partial charge in [-0.2, -0.15) is 0 Å². The molecule has 1 amide bonds. The molecule has 8 heteroatoms. The molecule has 0 bridgehead atoms. The standard InChI is InChI=1S/C13H20FN3O3S/c1-10-8-11(4-5-12(10)14)21(19,20)16-9-13(18)15-6-7-17(2)3/h4-5,8,16H,6-7,9H2,1-3H3,(H,15,18). The Morgan fingerprint density at radius 3 is 2.57 bits per heavy atom. The molecule has 118 valence electrons. The molecule has 0 aromatic heterocycles. The Morgan fingerprint density at radius 2 is 2.00 bits per heavy atom. The number of halogens is 1. The van der Waals surface area contributed by atoms with Crippen molar-refractivity contribution in [2.24, 2.45) is 0 Å². The molecule has 0 aliphatic heterocycles. The Kier molecular flexibility index (Phi) is 6.25. The second kappa shape index (κ2) is 7.48. The number of aryl methyl sites for hydroxylation is 1. The van der Waals surface area contributed by atoms with Gasteiger partial charge >= 0.3 is 0 Å². The maximum Gasteiger partial charge on any atom is 0.241 e. The second-order valence-electron chi connectivity index (χ2n) is 4.89. The van der Waals surface area contributed by atoms with Crippen molar-refractivity contribution in [2.45, 2.75) is 11.8 Å². The predicted octanol–water partition coefficient (Wildman–Crippen LogP) is 0.0902. The van der Waals surface area contributed by atoms with Crippen molar-refractivity contribution in [1.82, 2.24) is 14.9 Å². The summed E-state index contributed by atoms with van der Waals surface area (Å²) in [5.41, 5.74) is 0.230. The summed E-state index contributed by atoms with van der Waals surface area (Å²) in [6.07, 6.45) is 0. The highest BCUT2D eigenvalue weighted by Crippen LogP contribution is 2.13. The molecule has 1 aromatic carbocycles. The van der Waals surface area contributed by atoms with E-state index in [0.717, 1.165) is 12.1 Å². The van der Waals surface area contributed by atoms with Gasteiger partial charge in [0.05, 0.1) is 11.4 Å². The largest absolute Gasteiger partial charge is 0.354 e. The van der Waals surface area contributed by atoms with Crippen LogP contribution in [0.25, 0.3) is 0 Å². The highest BCUT2D eigenvalue weighted by atomic mass is 32.2. The molecular formula is C13H20FN3O3S. The molecule has 0 aliphatic rings. The van der Waals surface area contributed by atoms with Gasteiger partial charge in [0.2, 0.25) is 15.9 Å². The molecule has 0 saturated carbocycles. The van der Waals surface area contributed by atoms with Crippen LogP contribution in [0.5, 0.6) is 0 Å². The Morgan fingerprint density at radius 1 is 1.33 bits per heavy atom. The number of hydrogen-bond donors (Lipinski definition) is 2. The van der Waals surface area contributed by atoms with Crippen LogP contribution in [0.3, 0.4) is 0 Å². The molecule has 0 heterocycles. The van der Waals surface area contributed by atoms with E-state index >= 15 is 0 Å².